The van der Waals surface area contributed by atoms with E-state index >= 15 is 0 Å². The Labute approximate surface area is 185 Å². The molecule has 11 atom stereocenters. The molecule has 5 rings (SSSR count). The van der Waals surface area contributed by atoms with E-state index in [2.05, 4.69) is 5.32 Å². The molecule has 4 aliphatic rings. The van der Waals surface area contributed by atoms with Crippen molar-refractivity contribution in [2.45, 2.75) is 79.9 Å². The van der Waals surface area contributed by atoms with Crippen molar-refractivity contribution < 1.29 is 44.2 Å². The van der Waals surface area contributed by atoms with Gasteiger partial charge in [-0.1, -0.05) is 30.3 Å². The van der Waals surface area contributed by atoms with Crippen LogP contribution < -0.4 is 5.32 Å². The molecule has 10 heteroatoms. The Kier molecular flexibility index (Phi) is 6.21. The number of carbonyl (C=O) groups excluding carboxylic acids is 1. The smallest absolute Gasteiger partial charge is 0.316 e. The minimum Gasteiger partial charge on any atom is -0.462 e. The van der Waals surface area contributed by atoms with Gasteiger partial charge in [0.25, 0.3) is 0 Å². The van der Waals surface area contributed by atoms with E-state index in [0.29, 0.717) is 18.4 Å². The molecule has 5 N–H and O–H groups in total. The molecule has 0 aromatic heterocycles. The number of carbonyl (C=O) groups is 1. The Morgan fingerprint density at radius 2 is 1.72 bits per heavy atom. The SMILES string of the molecule is O=C(OC1C[C@@H]2N[C@H](C1)[C@H]1O[C@H]12)C(CO[C@@H]1O[C@H](CO)[C@@H](O)[C@H](O)[C@H]1O)c1ccccc1. The molecule has 0 amide bonds. The molecule has 176 valence electrons. The Hall–Kier alpha value is -1.63. The Morgan fingerprint density at radius 1 is 1.03 bits per heavy atom. The lowest BCUT2D eigenvalue weighted by Crippen LogP contribution is -2.59. The number of benzene rings is 1. The molecule has 2 bridgehead atoms. The standard InChI is InChI=1S/C22H29NO9/c24-8-15-16(25)17(26)18(27)22(31-15)29-9-12(10-4-2-1-3-5-10)21(28)30-11-6-13-19-20(32-19)14(7-11)23-13/h1-5,11-20,22-27H,6-9H2/t11?,12?,13-,14+,15-,16-,17+,18-,19-,20+,22-/m1/s1. The highest BCUT2D eigenvalue weighted by Gasteiger charge is 2.59. The number of morpholine rings is 1. The average molecular weight is 451 g/mol. The van der Waals surface area contributed by atoms with Crippen molar-refractivity contribution in [1.29, 1.82) is 0 Å². The summed E-state index contributed by atoms with van der Waals surface area (Å²) in [5.74, 6) is -1.22. The third kappa shape index (κ3) is 4.17. The van der Waals surface area contributed by atoms with Gasteiger partial charge in [0.2, 0.25) is 0 Å². The average Bonchev–Trinajstić information content (AvgIpc) is 3.56. The molecular formula is C22H29NO9. The fourth-order valence-corrected chi connectivity index (χ4v) is 5.04. The molecule has 1 aromatic rings. The monoisotopic (exact) mass is 451 g/mol. The van der Waals surface area contributed by atoms with Crippen molar-refractivity contribution in [2.75, 3.05) is 13.2 Å². The molecule has 4 aliphatic heterocycles. The number of piperidine rings is 1. The van der Waals surface area contributed by atoms with Gasteiger partial charge < -0.3 is 44.7 Å². The van der Waals surface area contributed by atoms with E-state index in [4.69, 9.17) is 18.9 Å². The van der Waals surface area contributed by atoms with Crippen LogP contribution in [0.1, 0.15) is 24.3 Å². The van der Waals surface area contributed by atoms with Gasteiger partial charge in [-0.05, 0) is 5.56 Å². The van der Waals surface area contributed by atoms with E-state index in [9.17, 15) is 25.2 Å². The summed E-state index contributed by atoms with van der Waals surface area (Å²) in [5.41, 5.74) is 0.685. The molecule has 4 fully saturated rings. The van der Waals surface area contributed by atoms with Gasteiger partial charge in [0.1, 0.15) is 48.6 Å². The van der Waals surface area contributed by atoms with Gasteiger partial charge in [-0.25, -0.2) is 0 Å². The van der Waals surface area contributed by atoms with Crippen LogP contribution in [-0.2, 0) is 23.7 Å². The van der Waals surface area contributed by atoms with Crippen LogP contribution in [0.15, 0.2) is 30.3 Å². The first-order chi connectivity index (χ1) is 15.5. The molecule has 4 saturated heterocycles. The number of aliphatic hydroxyl groups excluding tert-OH is 4. The van der Waals surface area contributed by atoms with Crippen molar-refractivity contribution in [2.24, 2.45) is 0 Å². The van der Waals surface area contributed by atoms with E-state index in [1.807, 2.05) is 6.07 Å². The van der Waals surface area contributed by atoms with Crippen molar-refractivity contribution >= 4 is 5.97 Å². The molecule has 0 saturated carbocycles. The molecule has 1 aromatic carbocycles. The van der Waals surface area contributed by atoms with Crippen LogP contribution >= 0.6 is 0 Å². The number of fused-ring (bicyclic) bond motifs is 5. The van der Waals surface area contributed by atoms with Gasteiger partial charge in [0.15, 0.2) is 6.29 Å². The topological polar surface area (TPSA) is 150 Å². The second kappa shape index (κ2) is 8.96. The maximum atomic E-state index is 13.1. The molecule has 0 aliphatic carbocycles. The zero-order valence-corrected chi connectivity index (χ0v) is 17.4. The van der Waals surface area contributed by atoms with E-state index in [-0.39, 0.29) is 37.0 Å². The lowest BCUT2D eigenvalue weighted by molar-refractivity contribution is -0.301. The summed E-state index contributed by atoms with van der Waals surface area (Å²) in [5, 5.41) is 43.0. The first-order valence-corrected chi connectivity index (χ1v) is 11.1. The molecule has 0 spiro atoms. The summed E-state index contributed by atoms with van der Waals surface area (Å²) < 4.78 is 22.5. The van der Waals surface area contributed by atoms with E-state index in [1.54, 1.807) is 24.3 Å². The summed E-state index contributed by atoms with van der Waals surface area (Å²) in [4.78, 5) is 13.1. The summed E-state index contributed by atoms with van der Waals surface area (Å²) in [6, 6.07) is 9.43. The highest BCUT2D eigenvalue weighted by Crippen LogP contribution is 2.43. The summed E-state index contributed by atoms with van der Waals surface area (Å²) >= 11 is 0. The number of nitrogens with one attached hydrogen (secondary N) is 1. The summed E-state index contributed by atoms with van der Waals surface area (Å²) in [7, 11) is 0. The van der Waals surface area contributed by atoms with Gasteiger partial charge in [-0.2, -0.15) is 0 Å². The van der Waals surface area contributed by atoms with Crippen molar-refractivity contribution in [3.8, 4) is 0 Å². The van der Waals surface area contributed by atoms with Crippen LogP contribution in [0, 0.1) is 0 Å². The number of epoxide rings is 1. The number of hydrogen-bond donors (Lipinski definition) is 5. The fraction of sp³-hybridized carbons (Fsp3) is 0.682. The normalized spacial score (nSPS) is 43.4. The molecule has 10 nitrogen and oxygen atoms in total. The van der Waals surface area contributed by atoms with Gasteiger partial charge in [-0.3, -0.25) is 4.79 Å². The minimum absolute atomic E-state index is 0.169. The highest BCUT2D eigenvalue weighted by molar-refractivity contribution is 5.78. The Balaban J connectivity index is 1.25. The quantitative estimate of drug-likeness (QED) is 0.242. The Morgan fingerprint density at radius 3 is 2.38 bits per heavy atom. The van der Waals surface area contributed by atoms with Gasteiger partial charge in [0, 0.05) is 24.9 Å². The van der Waals surface area contributed by atoms with Crippen LogP contribution in [-0.4, -0.2) is 101 Å². The lowest BCUT2D eigenvalue weighted by atomic mass is 9.98. The van der Waals surface area contributed by atoms with Gasteiger partial charge >= 0.3 is 5.97 Å². The zero-order valence-electron chi connectivity index (χ0n) is 17.4. The maximum Gasteiger partial charge on any atom is 0.316 e. The van der Waals surface area contributed by atoms with Crippen LogP contribution in [0.5, 0.6) is 0 Å². The van der Waals surface area contributed by atoms with Crippen molar-refractivity contribution in [3.05, 3.63) is 35.9 Å². The van der Waals surface area contributed by atoms with E-state index in [1.165, 1.54) is 0 Å². The van der Waals surface area contributed by atoms with Crippen LogP contribution in [0.4, 0.5) is 0 Å². The largest absolute Gasteiger partial charge is 0.462 e. The summed E-state index contributed by atoms with van der Waals surface area (Å²) in [6.07, 6.45) is -5.34. The first-order valence-electron chi connectivity index (χ1n) is 11.1. The van der Waals surface area contributed by atoms with Crippen LogP contribution in [0.2, 0.25) is 0 Å². The highest BCUT2D eigenvalue weighted by atomic mass is 16.7. The number of hydrogen-bond acceptors (Lipinski definition) is 10. The maximum absolute atomic E-state index is 13.1. The van der Waals surface area contributed by atoms with Gasteiger partial charge in [0.05, 0.1) is 13.2 Å². The van der Waals surface area contributed by atoms with Crippen molar-refractivity contribution in [1.82, 2.24) is 5.32 Å². The number of aliphatic hydroxyl groups is 4. The molecule has 4 heterocycles. The fourth-order valence-electron chi connectivity index (χ4n) is 5.04. The van der Waals surface area contributed by atoms with Crippen LogP contribution in [0.3, 0.4) is 0 Å². The third-order valence-corrected chi connectivity index (χ3v) is 6.86. The third-order valence-electron chi connectivity index (χ3n) is 6.86. The first kappa shape index (κ1) is 22.2. The van der Waals surface area contributed by atoms with Crippen LogP contribution in [0.25, 0.3) is 0 Å². The lowest BCUT2D eigenvalue weighted by Gasteiger charge is -2.40. The second-order valence-electron chi connectivity index (χ2n) is 8.97. The number of esters is 1. The molecular weight excluding hydrogens is 422 g/mol. The predicted octanol–water partition coefficient (Wildman–Crippen LogP) is -1.60. The van der Waals surface area contributed by atoms with E-state index in [0.717, 1.165) is 0 Å². The Bertz CT molecular complexity index is 792. The molecule has 2 unspecified atom stereocenters. The van der Waals surface area contributed by atoms with Crippen molar-refractivity contribution in [3.63, 3.8) is 0 Å². The molecule has 0 radical (unpaired) electrons. The minimum atomic E-state index is -1.55. The molecule has 32 heavy (non-hydrogen) atoms. The van der Waals surface area contributed by atoms with E-state index < -0.39 is 49.2 Å². The number of rotatable bonds is 7. The zero-order chi connectivity index (χ0) is 22.4. The summed E-state index contributed by atoms with van der Waals surface area (Å²) in [6.45, 7) is -0.726. The van der Waals surface area contributed by atoms with Gasteiger partial charge in [-0.15, -0.1) is 0 Å². The second-order valence-corrected chi connectivity index (χ2v) is 8.97. The predicted molar refractivity (Wildman–Crippen MR) is 107 cm³/mol. The number of ether oxygens (including phenoxy) is 4.